The first-order valence-electron chi connectivity index (χ1n) is 8.60. The van der Waals surface area contributed by atoms with E-state index >= 15 is 4.39 Å². The van der Waals surface area contributed by atoms with Gasteiger partial charge >= 0.3 is 5.97 Å². The number of fused-ring (bicyclic) bond motifs is 1. The standard InChI is InChI=1S/C19H16ClFIN3O3/c1-19(21)7-12(9-27-17(26)11-5-3-2-4-6-11)28-18(19)25-8-13(22)14-15(20)23-10-24-16(14)25/h2-6,8,10,12,18H,7,9H2,1H3/t12?,18-,19-/m1/s1. The van der Waals surface area contributed by atoms with Crippen LogP contribution in [0.15, 0.2) is 42.9 Å². The number of nitrogens with zero attached hydrogens (tertiary/aromatic N) is 3. The van der Waals surface area contributed by atoms with Crippen LogP contribution < -0.4 is 0 Å². The smallest absolute Gasteiger partial charge is 0.338 e. The minimum atomic E-state index is -1.67. The second-order valence-corrected chi connectivity index (χ2v) is 8.32. The molecule has 0 radical (unpaired) electrons. The number of carbonyl (C=O) groups excluding carboxylic acids is 1. The molecular formula is C19H16ClFIN3O3. The molecule has 3 heterocycles. The second kappa shape index (κ2) is 7.57. The topological polar surface area (TPSA) is 66.2 Å². The molecule has 28 heavy (non-hydrogen) atoms. The zero-order chi connectivity index (χ0) is 19.9. The summed E-state index contributed by atoms with van der Waals surface area (Å²) in [6.07, 6.45) is 1.69. The lowest BCUT2D eigenvalue weighted by atomic mass is 10.0. The number of esters is 1. The second-order valence-electron chi connectivity index (χ2n) is 6.80. The van der Waals surface area contributed by atoms with Crippen molar-refractivity contribution >= 4 is 51.2 Å². The van der Waals surface area contributed by atoms with E-state index in [1.807, 2.05) is 6.07 Å². The van der Waals surface area contributed by atoms with Crippen molar-refractivity contribution in [1.82, 2.24) is 14.5 Å². The van der Waals surface area contributed by atoms with Crippen molar-refractivity contribution in [2.24, 2.45) is 0 Å². The van der Waals surface area contributed by atoms with E-state index in [1.54, 1.807) is 35.0 Å². The van der Waals surface area contributed by atoms with Gasteiger partial charge in [0.05, 0.1) is 17.1 Å². The highest BCUT2D eigenvalue weighted by molar-refractivity contribution is 14.1. The van der Waals surface area contributed by atoms with Crippen LogP contribution in [0.1, 0.15) is 29.9 Å². The predicted molar refractivity (Wildman–Crippen MR) is 110 cm³/mol. The lowest BCUT2D eigenvalue weighted by Gasteiger charge is -2.23. The maximum Gasteiger partial charge on any atom is 0.338 e. The van der Waals surface area contributed by atoms with E-state index in [9.17, 15) is 4.79 Å². The lowest BCUT2D eigenvalue weighted by Crippen LogP contribution is -2.27. The third-order valence-electron chi connectivity index (χ3n) is 4.64. The minimum Gasteiger partial charge on any atom is -0.459 e. The Balaban J connectivity index is 1.53. The molecule has 0 saturated carbocycles. The fourth-order valence-corrected chi connectivity index (χ4v) is 4.57. The molecule has 1 saturated heterocycles. The molecule has 1 aliphatic heterocycles. The number of hydrogen-bond donors (Lipinski definition) is 0. The summed E-state index contributed by atoms with van der Waals surface area (Å²) in [5.41, 5.74) is -0.728. The van der Waals surface area contributed by atoms with E-state index in [2.05, 4.69) is 32.6 Å². The van der Waals surface area contributed by atoms with Crippen molar-refractivity contribution in [2.75, 3.05) is 6.61 Å². The molecule has 1 aliphatic rings. The molecule has 0 amide bonds. The average Bonchev–Trinajstić information content (AvgIpc) is 3.17. The van der Waals surface area contributed by atoms with Gasteiger partial charge in [-0.15, -0.1) is 0 Å². The zero-order valence-corrected chi connectivity index (χ0v) is 17.7. The molecule has 1 unspecified atom stereocenters. The highest BCUT2D eigenvalue weighted by Gasteiger charge is 2.48. The van der Waals surface area contributed by atoms with Gasteiger partial charge in [0, 0.05) is 16.2 Å². The van der Waals surface area contributed by atoms with Crippen LogP contribution in [0.2, 0.25) is 5.15 Å². The van der Waals surface area contributed by atoms with Gasteiger partial charge in [-0.25, -0.2) is 19.2 Å². The van der Waals surface area contributed by atoms with Crippen LogP contribution in [0.5, 0.6) is 0 Å². The molecule has 2 aromatic heterocycles. The Kier molecular flexibility index (Phi) is 5.28. The Labute approximate surface area is 179 Å². The van der Waals surface area contributed by atoms with Gasteiger partial charge in [-0.05, 0) is 41.6 Å². The van der Waals surface area contributed by atoms with E-state index in [0.29, 0.717) is 21.7 Å². The van der Waals surface area contributed by atoms with Crippen molar-refractivity contribution in [2.45, 2.75) is 31.3 Å². The predicted octanol–water partition coefficient (Wildman–Crippen LogP) is 4.56. The molecule has 3 atom stereocenters. The van der Waals surface area contributed by atoms with Gasteiger partial charge < -0.3 is 14.0 Å². The number of ether oxygens (including phenoxy) is 2. The van der Waals surface area contributed by atoms with Gasteiger partial charge in [0.25, 0.3) is 0 Å². The first-order chi connectivity index (χ1) is 13.4. The molecule has 1 fully saturated rings. The number of benzene rings is 1. The number of rotatable bonds is 4. The Hall–Kier alpha value is -1.78. The molecule has 0 N–H and O–H groups in total. The summed E-state index contributed by atoms with van der Waals surface area (Å²) in [7, 11) is 0. The van der Waals surface area contributed by atoms with Crippen molar-refractivity contribution in [1.29, 1.82) is 0 Å². The molecular weight excluding hydrogens is 500 g/mol. The molecule has 6 nitrogen and oxygen atoms in total. The fraction of sp³-hybridized carbons (Fsp3) is 0.316. The molecule has 0 bridgehead atoms. The third kappa shape index (κ3) is 3.60. The first-order valence-corrected chi connectivity index (χ1v) is 10.1. The van der Waals surface area contributed by atoms with Crippen LogP contribution in [0.25, 0.3) is 11.0 Å². The van der Waals surface area contributed by atoms with Gasteiger partial charge in [-0.3, -0.25) is 0 Å². The number of aromatic nitrogens is 3. The van der Waals surface area contributed by atoms with Gasteiger partial charge in [0.2, 0.25) is 0 Å². The van der Waals surface area contributed by atoms with E-state index in [-0.39, 0.29) is 13.0 Å². The molecule has 3 aromatic rings. The summed E-state index contributed by atoms with van der Waals surface area (Å²) in [5.74, 6) is -0.464. The Morgan fingerprint density at radius 1 is 1.43 bits per heavy atom. The number of alkyl halides is 1. The maximum atomic E-state index is 15.3. The SMILES string of the molecule is C[C@@]1(F)CC(COC(=O)c2ccccc2)O[C@H]1n1cc(I)c2c(Cl)ncnc21. The van der Waals surface area contributed by atoms with E-state index in [0.717, 1.165) is 3.57 Å². The third-order valence-corrected chi connectivity index (χ3v) is 5.75. The molecule has 4 rings (SSSR count). The van der Waals surface area contributed by atoms with E-state index in [1.165, 1.54) is 13.3 Å². The van der Waals surface area contributed by atoms with Crippen molar-refractivity contribution in [3.8, 4) is 0 Å². The van der Waals surface area contributed by atoms with Gasteiger partial charge in [0.1, 0.15) is 23.7 Å². The van der Waals surface area contributed by atoms with Gasteiger partial charge in [0.15, 0.2) is 11.9 Å². The van der Waals surface area contributed by atoms with Gasteiger partial charge in [-0.1, -0.05) is 29.8 Å². The van der Waals surface area contributed by atoms with Crippen LogP contribution in [0, 0.1) is 3.57 Å². The van der Waals surface area contributed by atoms with Crippen molar-refractivity contribution in [3.05, 3.63) is 57.1 Å². The van der Waals surface area contributed by atoms with Crippen LogP contribution in [0.4, 0.5) is 4.39 Å². The van der Waals surface area contributed by atoms with Crippen LogP contribution in [0.3, 0.4) is 0 Å². The van der Waals surface area contributed by atoms with Crippen LogP contribution in [-0.4, -0.2) is 38.9 Å². The van der Waals surface area contributed by atoms with E-state index < -0.39 is 24.0 Å². The number of hydrogen-bond acceptors (Lipinski definition) is 5. The number of carbonyl (C=O) groups is 1. The summed E-state index contributed by atoms with van der Waals surface area (Å²) >= 11 is 8.27. The molecule has 1 aromatic carbocycles. The highest BCUT2D eigenvalue weighted by Crippen LogP contribution is 2.43. The fourth-order valence-electron chi connectivity index (χ4n) is 3.38. The maximum absolute atomic E-state index is 15.3. The first kappa shape index (κ1) is 19.5. The molecule has 0 spiro atoms. The Morgan fingerprint density at radius 2 is 2.18 bits per heavy atom. The number of halogens is 3. The minimum absolute atomic E-state index is 0.0320. The average molecular weight is 516 g/mol. The largest absolute Gasteiger partial charge is 0.459 e. The summed E-state index contributed by atoms with van der Waals surface area (Å²) in [6, 6.07) is 8.65. The normalized spacial score (nSPS) is 24.6. The zero-order valence-electron chi connectivity index (χ0n) is 14.8. The summed E-state index contributed by atoms with van der Waals surface area (Å²) in [5, 5.41) is 0.961. The summed E-state index contributed by atoms with van der Waals surface area (Å²) < 4.78 is 29.0. The molecule has 146 valence electrons. The lowest BCUT2D eigenvalue weighted by molar-refractivity contribution is -0.0599. The Morgan fingerprint density at radius 3 is 2.93 bits per heavy atom. The van der Waals surface area contributed by atoms with Gasteiger partial charge in [-0.2, -0.15) is 0 Å². The quantitative estimate of drug-likeness (QED) is 0.290. The Bertz CT molecular complexity index is 1030. The van der Waals surface area contributed by atoms with Crippen LogP contribution in [-0.2, 0) is 9.47 Å². The van der Waals surface area contributed by atoms with E-state index in [4.69, 9.17) is 21.1 Å². The molecule has 0 aliphatic carbocycles. The summed E-state index contributed by atoms with van der Waals surface area (Å²) in [4.78, 5) is 20.3. The highest BCUT2D eigenvalue weighted by atomic mass is 127. The van der Waals surface area contributed by atoms with Crippen molar-refractivity contribution in [3.63, 3.8) is 0 Å². The van der Waals surface area contributed by atoms with Crippen molar-refractivity contribution < 1.29 is 18.7 Å². The molecule has 9 heteroatoms. The monoisotopic (exact) mass is 515 g/mol. The van der Waals surface area contributed by atoms with Crippen LogP contribution >= 0.6 is 34.2 Å². The summed E-state index contributed by atoms with van der Waals surface area (Å²) in [6.45, 7) is 1.44.